The Bertz CT molecular complexity index is 442. The summed E-state index contributed by atoms with van der Waals surface area (Å²) in [6.45, 7) is 6.84. The quantitative estimate of drug-likeness (QED) is 0.885. The number of nitrogens with zero attached hydrogens (tertiary/aromatic N) is 3. The van der Waals surface area contributed by atoms with Gasteiger partial charge in [-0.05, 0) is 38.3 Å². The van der Waals surface area contributed by atoms with Gasteiger partial charge in [-0.25, -0.2) is 0 Å². The number of likely N-dealkylation sites (tertiary alicyclic amines) is 1. The normalized spacial score (nSPS) is 17.4. The van der Waals surface area contributed by atoms with Gasteiger partial charge in [-0.2, -0.15) is 5.10 Å². The van der Waals surface area contributed by atoms with Gasteiger partial charge in [-0.1, -0.05) is 13.8 Å². The Morgan fingerprint density at radius 3 is 2.40 bits per heavy atom. The molecule has 5 nitrogen and oxygen atoms in total. The first-order valence-electron chi connectivity index (χ1n) is 7.62. The van der Waals surface area contributed by atoms with E-state index in [1.807, 2.05) is 0 Å². The zero-order valence-electron chi connectivity index (χ0n) is 12.9. The third kappa shape index (κ3) is 3.27. The first-order valence-corrected chi connectivity index (χ1v) is 7.62. The lowest BCUT2D eigenvalue weighted by Gasteiger charge is -2.29. The van der Waals surface area contributed by atoms with E-state index in [4.69, 9.17) is 10.5 Å². The number of hydrogen-bond acceptors (Lipinski definition) is 5. The number of hydrogen-bond donors (Lipinski definition) is 1. The van der Waals surface area contributed by atoms with Crippen molar-refractivity contribution in [2.45, 2.75) is 52.2 Å². The molecule has 20 heavy (non-hydrogen) atoms. The molecule has 1 aromatic rings. The molecule has 0 spiro atoms. The van der Waals surface area contributed by atoms with E-state index >= 15 is 0 Å². The van der Waals surface area contributed by atoms with Gasteiger partial charge in [0.25, 0.3) is 0 Å². The maximum atomic E-state index is 6.09. The van der Waals surface area contributed by atoms with Crippen LogP contribution in [0.1, 0.15) is 43.5 Å². The summed E-state index contributed by atoms with van der Waals surface area (Å²) in [5.41, 5.74) is 9.22. The van der Waals surface area contributed by atoms with Gasteiger partial charge in [-0.15, -0.1) is 5.10 Å². The van der Waals surface area contributed by atoms with Gasteiger partial charge in [0.15, 0.2) is 0 Å². The summed E-state index contributed by atoms with van der Waals surface area (Å²) < 4.78 is 6.09. The van der Waals surface area contributed by atoms with Crippen LogP contribution < -0.4 is 10.5 Å². The monoisotopic (exact) mass is 278 g/mol. The van der Waals surface area contributed by atoms with Crippen molar-refractivity contribution in [3.8, 4) is 5.88 Å². The van der Waals surface area contributed by atoms with Crippen LogP contribution >= 0.6 is 0 Å². The van der Waals surface area contributed by atoms with Crippen molar-refractivity contribution >= 4 is 0 Å². The van der Waals surface area contributed by atoms with Gasteiger partial charge in [-0.3, -0.25) is 0 Å². The van der Waals surface area contributed by atoms with Crippen molar-refractivity contribution in [3.63, 3.8) is 0 Å². The topological polar surface area (TPSA) is 64.3 Å². The van der Waals surface area contributed by atoms with Crippen LogP contribution in [0.4, 0.5) is 0 Å². The summed E-state index contributed by atoms with van der Waals surface area (Å²) in [7, 11) is 2.15. The predicted molar refractivity (Wildman–Crippen MR) is 79.8 cm³/mol. The summed E-state index contributed by atoms with van der Waals surface area (Å²) >= 11 is 0. The van der Waals surface area contributed by atoms with Crippen LogP contribution in [0.25, 0.3) is 0 Å². The van der Waals surface area contributed by atoms with Crippen molar-refractivity contribution < 1.29 is 4.74 Å². The highest BCUT2D eigenvalue weighted by atomic mass is 16.5. The van der Waals surface area contributed by atoms with Gasteiger partial charge in [0, 0.05) is 25.2 Å². The minimum Gasteiger partial charge on any atom is -0.473 e. The van der Waals surface area contributed by atoms with E-state index in [1.54, 1.807) is 0 Å². The number of rotatable bonds is 5. The van der Waals surface area contributed by atoms with Crippen molar-refractivity contribution in [1.29, 1.82) is 0 Å². The highest BCUT2D eigenvalue weighted by molar-refractivity contribution is 5.37. The number of aryl methyl sites for hydroxylation is 1. The highest BCUT2D eigenvalue weighted by Gasteiger charge is 2.21. The molecular formula is C15H26N4O. The van der Waals surface area contributed by atoms with Crippen LogP contribution in [0.15, 0.2) is 0 Å². The Balaban J connectivity index is 2.19. The molecule has 1 fully saturated rings. The van der Waals surface area contributed by atoms with Gasteiger partial charge in [0.2, 0.25) is 5.88 Å². The minimum absolute atomic E-state index is 0.239. The van der Waals surface area contributed by atoms with Crippen molar-refractivity contribution in [3.05, 3.63) is 16.8 Å². The molecule has 1 saturated heterocycles. The van der Waals surface area contributed by atoms with Crippen molar-refractivity contribution in [2.75, 3.05) is 20.1 Å². The summed E-state index contributed by atoms with van der Waals surface area (Å²) in [6.07, 6.45) is 4.13. The third-order valence-corrected chi connectivity index (χ3v) is 4.07. The Morgan fingerprint density at radius 2 is 1.85 bits per heavy atom. The molecule has 1 aromatic heterocycles. The molecule has 2 N–H and O–H groups in total. The van der Waals surface area contributed by atoms with Crippen LogP contribution in [-0.4, -0.2) is 41.3 Å². The number of ether oxygens (including phenoxy) is 1. The molecule has 0 bridgehead atoms. The maximum absolute atomic E-state index is 6.09. The van der Waals surface area contributed by atoms with Crippen LogP contribution in [0.2, 0.25) is 0 Å². The lowest BCUT2D eigenvalue weighted by molar-refractivity contribution is 0.107. The highest BCUT2D eigenvalue weighted by Crippen LogP contribution is 2.25. The average Bonchev–Trinajstić information content (AvgIpc) is 2.48. The standard InChI is InChI=1S/C15H26N4O/c1-4-12-13(10-16)15(18-17-14(12)5-2)20-11-6-8-19(3)9-7-11/h11H,4-10,16H2,1-3H3. The molecule has 112 valence electrons. The number of piperidine rings is 1. The first kappa shape index (κ1) is 15.2. The molecule has 0 radical (unpaired) electrons. The lowest BCUT2D eigenvalue weighted by atomic mass is 10.0. The second kappa shape index (κ2) is 6.99. The molecule has 2 rings (SSSR count). The molecule has 0 saturated carbocycles. The van der Waals surface area contributed by atoms with Crippen LogP contribution in [0.3, 0.4) is 0 Å². The SMILES string of the molecule is CCc1nnc(OC2CCN(C)CC2)c(CN)c1CC. The van der Waals surface area contributed by atoms with E-state index in [0.717, 1.165) is 50.0 Å². The van der Waals surface area contributed by atoms with E-state index in [2.05, 4.69) is 36.0 Å². The van der Waals surface area contributed by atoms with E-state index in [9.17, 15) is 0 Å². The fourth-order valence-corrected chi connectivity index (χ4v) is 2.80. The molecule has 5 heteroatoms. The molecule has 0 unspecified atom stereocenters. The molecule has 0 atom stereocenters. The fourth-order valence-electron chi connectivity index (χ4n) is 2.80. The Kier molecular flexibility index (Phi) is 5.31. The third-order valence-electron chi connectivity index (χ3n) is 4.07. The molecule has 0 aliphatic carbocycles. The summed E-state index contributed by atoms with van der Waals surface area (Å²) in [4.78, 5) is 2.33. The summed E-state index contributed by atoms with van der Waals surface area (Å²) in [6, 6.07) is 0. The summed E-state index contributed by atoms with van der Waals surface area (Å²) in [5.74, 6) is 0.649. The van der Waals surface area contributed by atoms with Gasteiger partial charge in [0.1, 0.15) is 6.10 Å². The van der Waals surface area contributed by atoms with E-state index in [1.165, 1.54) is 5.56 Å². The van der Waals surface area contributed by atoms with E-state index in [-0.39, 0.29) is 6.10 Å². The Labute approximate surface area is 121 Å². The van der Waals surface area contributed by atoms with E-state index < -0.39 is 0 Å². The zero-order chi connectivity index (χ0) is 14.5. The molecule has 1 aliphatic heterocycles. The van der Waals surface area contributed by atoms with Crippen molar-refractivity contribution in [2.24, 2.45) is 5.73 Å². The van der Waals surface area contributed by atoms with Gasteiger partial charge < -0.3 is 15.4 Å². The second-order valence-electron chi connectivity index (χ2n) is 5.44. The average molecular weight is 278 g/mol. The van der Waals surface area contributed by atoms with E-state index in [0.29, 0.717) is 12.4 Å². The smallest absolute Gasteiger partial charge is 0.238 e. The van der Waals surface area contributed by atoms with Crippen LogP contribution in [-0.2, 0) is 19.4 Å². The molecule has 1 aliphatic rings. The molecule has 2 heterocycles. The minimum atomic E-state index is 0.239. The first-order chi connectivity index (χ1) is 9.69. The Hall–Kier alpha value is -1.20. The molecule has 0 aromatic carbocycles. The van der Waals surface area contributed by atoms with Gasteiger partial charge >= 0.3 is 0 Å². The molecular weight excluding hydrogens is 252 g/mol. The molecule has 0 amide bonds. The number of aromatic nitrogens is 2. The second-order valence-corrected chi connectivity index (χ2v) is 5.44. The Morgan fingerprint density at radius 1 is 1.15 bits per heavy atom. The summed E-state index contributed by atoms with van der Waals surface area (Å²) in [5, 5.41) is 8.59. The largest absolute Gasteiger partial charge is 0.473 e. The van der Waals surface area contributed by atoms with Crippen LogP contribution in [0.5, 0.6) is 5.88 Å². The maximum Gasteiger partial charge on any atom is 0.238 e. The fraction of sp³-hybridized carbons (Fsp3) is 0.733. The predicted octanol–water partition coefficient (Wildman–Crippen LogP) is 1.53. The van der Waals surface area contributed by atoms with Gasteiger partial charge in [0.05, 0.1) is 5.69 Å². The zero-order valence-corrected chi connectivity index (χ0v) is 12.9. The van der Waals surface area contributed by atoms with Crippen LogP contribution in [0, 0.1) is 0 Å². The van der Waals surface area contributed by atoms with Crippen molar-refractivity contribution in [1.82, 2.24) is 15.1 Å². The lowest BCUT2D eigenvalue weighted by Crippen LogP contribution is -2.36. The number of nitrogens with two attached hydrogens (primary N) is 1.